The van der Waals surface area contributed by atoms with Gasteiger partial charge in [-0.25, -0.2) is 14.4 Å². The van der Waals surface area contributed by atoms with Gasteiger partial charge in [-0.1, -0.05) is 17.3 Å². The van der Waals surface area contributed by atoms with Crippen molar-refractivity contribution in [1.29, 1.82) is 0 Å². The van der Waals surface area contributed by atoms with Gasteiger partial charge in [0.25, 0.3) is 0 Å². The van der Waals surface area contributed by atoms with Crippen LogP contribution < -0.4 is 5.73 Å². The molecule has 1 aromatic carbocycles. The number of aliphatic hydroxyl groups excluding tert-OH is 1. The number of nitrogens with zero attached hydrogens (tertiary/aromatic N) is 4. The molecule has 3 aromatic rings. The van der Waals surface area contributed by atoms with Crippen LogP contribution in [0.1, 0.15) is 34.9 Å². The summed E-state index contributed by atoms with van der Waals surface area (Å²) in [5, 5.41) is 13.3. The Labute approximate surface area is 173 Å². The lowest BCUT2D eigenvalue weighted by atomic mass is 9.78. The van der Waals surface area contributed by atoms with Gasteiger partial charge in [-0.15, -0.1) is 0 Å². The topological polar surface area (TPSA) is 107 Å². The van der Waals surface area contributed by atoms with Crippen molar-refractivity contribution in [2.45, 2.75) is 25.7 Å². The van der Waals surface area contributed by atoms with Gasteiger partial charge in [0.2, 0.25) is 5.95 Å². The summed E-state index contributed by atoms with van der Waals surface area (Å²) in [4.78, 5) is 18.1. The maximum atomic E-state index is 14.1. The number of hydrogen-bond donors (Lipinski definition) is 2. The average Bonchev–Trinajstić information content (AvgIpc) is 2.73. The van der Waals surface area contributed by atoms with Crippen molar-refractivity contribution in [3.8, 4) is 11.1 Å². The highest BCUT2D eigenvalue weighted by Gasteiger charge is 2.30. The van der Waals surface area contributed by atoms with Crippen molar-refractivity contribution in [3.63, 3.8) is 0 Å². The molecular weight excluding hydrogens is 385 g/mol. The Balaban J connectivity index is 1.80. The summed E-state index contributed by atoms with van der Waals surface area (Å²) in [6.45, 7) is 1.82. The number of aliphatic hydroxyl groups is 1. The largest absolute Gasteiger partial charge is 0.393 e. The van der Waals surface area contributed by atoms with Crippen LogP contribution in [0.4, 0.5) is 10.3 Å². The smallest absolute Gasteiger partial charge is 0.220 e. The predicted octanol–water partition coefficient (Wildman–Crippen LogP) is 3.01. The van der Waals surface area contributed by atoms with Gasteiger partial charge in [-0.3, -0.25) is 4.98 Å². The number of aromatic nitrogens is 3. The normalized spacial score (nSPS) is 17.0. The zero-order chi connectivity index (χ0) is 21.1. The van der Waals surface area contributed by atoms with Crippen molar-refractivity contribution in [2.24, 2.45) is 5.16 Å². The number of nitrogens with two attached hydrogens (primary N) is 1. The predicted molar refractivity (Wildman–Crippen MR) is 111 cm³/mol. The van der Waals surface area contributed by atoms with E-state index in [1.165, 1.54) is 12.1 Å². The molecule has 0 bridgehead atoms. The second-order valence-corrected chi connectivity index (χ2v) is 7.16. The van der Waals surface area contributed by atoms with Crippen LogP contribution in [0.5, 0.6) is 0 Å². The minimum Gasteiger partial charge on any atom is -0.393 e. The minimum atomic E-state index is -0.309. The van der Waals surface area contributed by atoms with E-state index in [2.05, 4.69) is 20.1 Å². The maximum Gasteiger partial charge on any atom is 0.220 e. The Kier molecular flexibility index (Phi) is 5.67. The standard InChI is InChI=1S/C22H22FN5O2/c1-13-21-19(27-22(24)26-13)9-15(10-20(21)28-30-8-7-29)17-5-4-16(23)11-18(17)14-3-2-6-25-12-14/h2-6,11-12,15,29H,7-10H2,1H3,(H2,24,26,27)/b28-20+. The molecule has 1 atom stereocenters. The molecule has 8 heteroatoms. The molecule has 2 aromatic heterocycles. The number of hydrogen-bond acceptors (Lipinski definition) is 7. The third-order valence-corrected chi connectivity index (χ3v) is 5.14. The lowest BCUT2D eigenvalue weighted by molar-refractivity contribution is 0.0981. The third kappa shape index (κ3) is 3.99. The number of nitrogen functional groups attached to an aromatic ring is 1. The first-order valence-electron chi connectivity index (χ1n) is 9.69. The lowest BCUT2D eigenvalue weighted by Crippen LogP contribution is -2.24. The molecule has 0 saturated heterocycles. The summed E-state index contributed by atoms with van der Waals surface area (Å²) in [5.41, 5.74) is 11.5. The fourth-order valence-electron chi connectivity index (χ4n) is 3.94. The van der Waals surface area contributed by atoms with Crippen molar-refractivity contribution < 1.29 is 14.3 Å². The Morgan fingerprint density at radius 1 is 1.27 bits per heavy atom. The summed E-state index contributed by atoms with van der Waals surface area (Å²) in [6.07, 6.45) is 4.58. The monoisotopic (exact) mass is 407 g/mol. The van der Waals surface area contributed by atoms with Crippen LogP contribution in [0.15, 0.2) is 47.9 Å². The van der Waals surface area contributed by atoms with Crippen LogP contribution in [0.3, 0.4) is 0 Å². The quantitative estimate of drug-likeness (QED) is 0.497. The zero-order valence-corrected chi connectivity index (χ0v) is 16.5. The fourth-order valence-corrected chi connectivity index (χ4v) is 3.94. The number of benzene rings is 1. The van der Waals surface area contributed by atoms with E-state index in [0.29, 0.717) is 18.6 Å². The van der Waals surface area contributed by atoms with Crippen LogP contribution in [-0.2, 0) is 11.3 Å². The summed E-state index contributed by atoms with van der Waals surface area (Å²) in [7, 11) is 0. The van der Waals surface area contributed by atoms with Gasteiger partial charge in [0.1, 0.15) is 12.4 Å². The highest BCUT2D eigenvalue weighted by molar-refractivity contribution is 6.03. The number of aryl methyl sites for hydroxylation is 1. The molecule has 7 nitrogen and oxygen atoms in total. The molecule has 0 aliphatic heterocycles. The van der Waals surface area contributed by atoms with Gasteiger partial charge in [-0.05, 0) is 48.6 Å². The second-order valence-electron chi connectivity index (χ2n) is 7.16. The van der Waals surface area contributed by atoms with Gasteiger partial charge in [0, 0.05) is 29.9 Å². The molecule has 1 aliphatic carbocycles. The summed E-state index contributed by atoms with van der Waals surface area (Å²) in [6, 6.07) is 8.53. The second kappa shape index (κ2) is 8.54. The zero-order valence-electron chi connectivity index (χ0n) is 16.5. The van der Waals surface area contributed by atoms with Crippen molar-refractivity contribution in [2.75, 3.05) is 18.9 Å². The number of fused-ring (bicyclic) bond motifs is 1. The Hall–Kier alpha value is -3.39. The lowest BCUT2D eigenvalue weighted by Gasteiger charge is -2.28. The van der Waals surface area contributed by atoms with E-state index >= 15 is 0 Å². The highest BCUT2D eigenvalue weighted by atomic mass is 19.1. The summed E-state index contributed by atoms with van der Waals surface area (Å²) < 4.78 is 14.1. The molecule has 154 valence electrons. The summed E-state index contributed by atoms with van der Waals surface area (Å²) >= 11 is 0. The number of rotatable bonds is 5. The number of pyridine rings is 1. The van der Waals surface area contributed by atoms with E-state index in [-0.39, 0.29) is 30.9 Å². The molecule has 0 amide bonds. The van der Waals surface area contributed by atoms with E-state index in [1.54, 1.807) is 18.5 Å². The molecular formula is C22H22FN5O2. The van der Waals surface area contributed by atoms with E-state index in [0.717, 1.165) is 33.6 Å². The Bertz CT molecular complexity index is 1090. The van der Waals surface area contributed by atoms with Crippen LogP contribution in [-0.4, -0.2) is 39.0 Å². The number of anilines is 1. The first-order chi connectivity index (χ1) is 14.6. The molecule has 4 rings (SSSR count). The molecule has 3 N–H and O–H groups in total. The molecule has 1 unspecified atom stereocenters. The minimum absolute atomic E-state index is 0.0153. The van der Waals surface area contributed by atoms with Crippen LogP contribution in [0, 0.1) is 12.7 Å². The van der Waals surface area contributed by atoms with Gasteiger partial charge in [0.15, 0.2) is 0 Å². The molecule has 2 heterocycles. The van der Waals surface area contributed by atoms with Gasteiger partial charge in [0.05, 0.1) is 23.7 Å². The molecule has 30 heavy (non-hydrogen) atoms. The van der Waals surface area contributed by atoms with Gasteiger partial charge < -0.3 is 15.7 Å². The summed E-state index contributed by atoms with van der Waals surface area (Å²) in [5.74, 6) is -0.121. The van der Waals surface area contributed by atoms with Crippen molar-refractivity contribution in [1.82, 2.24) is 15.0 Å². The molecule has 0 radical (unpaired) electrons. The molecule has 1 aliphatic rings. The molecule has 0 saturated carbocycles. The van der Waals surface area contributed by atoms with Crippen LogP contribution in [0.2, 0.25) is 0 Å². The van der Waals surface area contributed by atoms with Crippen LogP contribution >= 0.6 is 0 Å². The highest BCUT2D eigenvalue weighted by Crippen LogP contribution is 2.38. The van der Waals surface area contributed by atoms with E-state index in [9.17, 15) is 4.39 Å². The SMILES string of the molecule is Cc1nc(N)nc2c1/C(=N/OCCO)CC(c1ccc(F)cc1-c1cccnc1)C2. The van der Waals surface area contributed by atoms with E-state index < -0.39 is 0 Å². The van der Waals surface area contributed by atoms with Crippen molar-refractivity contribution >= 4 is 11.7 Å². The van der Waals surface area contributed by atoms with Gasteiger partial charge >= 0.3 is 0 Å². The number of oxime groups is 1. The first-order valence-corrected chi connectivity index (χ1v) is 9.69. The molecule has 0 spiro atoms. The maximum absolute atomic E-state index is 14.1. The van der Waals surface area contributed by atoms with Crippen LogP contribution in [0.25, 0.3) is 11.1 Å². The third-order valence-electron chi connectivity index (χ3n) is 5.14. The fraction of sp³-hybridized carbons (Fsp3) is 0.273. The van der Waals surface area contributed by atoms with E-state index in [4.69, 9.17) is 15.7 Å². The van der Waals surface area contributed by atoms with Gasteiger partial charge in [-0.2, -0.15) is 0 Å². The Morgan fingerprint density at radius 3 is 2.90 bits per heavy atom. The first kappa shape index (κ1) is 19.9. The Morgan fingerprint density at radius 2 is 2.13 bits per heavy atom. The van der Waals surface area contributed by atoms with Crippen molar-refractivity contribution in [3.05, 3.63) is 71.1 Å². The average molecular weight is 407 g/mol. The van der Waals surface area contributed by atoms with E-state index in [1.807, 2.05) is 19.1 Å². The molecule has 0 fully saturated rings. The number of halogens is 1.